The van der Waals surface area contributed by atoms with Gasteiger partial charge < -0.3 is 30.9 Å². The summed E-state index contributed by atoms with van der Waals surface area (Å²) >= 11 is 0. The van der Waals surface area contributed by atoms with Crippen molar-refractivity contribution < 1.29 is 9.53 Å². The van der Waals surface area contributed by atoms with Gasteiger partial charge in [0, 0.05) is 36.1 Å². The third-order valence-electron chi connectivity index (χ3n) is 6.48. The van der Waals surface area contributed by atoms with Crippen LogP contribution in [-0.2, 0) is 0 Å². The maximum absolute atomic E-state index is 12.0. The minimum Gasteiger partial charge on any atom is -0.492 e. The molecule has 0 spiro atoms. The fraction of sp³-hybridized carbons (Fsp3) is 0.500. The van der Waals surface area contributed by atoms with Crippen molar-refractivity contribution in [3.63, 3.8) is 0 Å². The van der Waals surface area contributed by atoms with Crippen molar-refractivity contribution in [2.24, 2.45) is 5.73 Å². The molecule has 1 saturated carbocycles. The molecule has 4 N–H and O–H groups in total. The van der Waals surface area contributed by atoms with E-state index in [-0.39, 0.29) is 24.2 Å². The molecule has 7 nitrogen and oxygen atoms in total. The van der Waals surface area contributed by atoms with Crippen LogP contribution in [0.2, 0.25) is 0 Å². The summed E-state index contributed by atoms with van der Waals surface area (Å²) in [4.78, 5) is 16.7. The van der Waals surface area contributed by atoms with Gasteiger partial charge >= 0.3 is 6.03 Å². The third kappa shape index (κ3) is 5.25. The number of hydrogen-bond donors (Lipinski definition) is 3. The van der Waals surface area contributed by atoms with Crippen molar-refractivity contribution in [1.29, 1.82) is 0 Å². The first-order chi connectivity index (χ1) is 15.8. The number of benzene rings is 2. The molecule has 1 fully saturated rings. The van der Waals surface area contributed by atoms with Gasteiger partial charge in [0.25, 0.3) is 0 Å². The van der Waals surface area contributed by atoms with Gasteiger partial charge in [-0.25, -0.2) is 4.79 Å². The van der Waals surface area contributed by atoms with Gasteiger partial charge in [0.05, 0.1) is 12.1 Å². The Kier molecular flexibility index (Phi) is 7.10. The highest BCUT2D eigenvalue weighted by atomic mass is 16.5. The lowest BCUT2D eigenvalue weighted by molar-refractivity contribution is 0.250. The van der Waals surface area contributed by atoms with Gasteiger partial charge in [0.2, 0.25) is 0 Å². The van der Waals surface area contributed by atoms with E-state index in [4.69, 9.17) is 10.5 Å². The summed E-state index contributed by atoms with van der Waals surface area (Å²) in [5.74, 6) is 0.892. The van der Waals surface area contributed by atoms with E-state index >= 15 is 0 Å². The monoisotopic (exact) mass is 451 g/mol. The summed E-state index contributed by atoms with van der Waals surface area (Å²) in [5.41, 5.74) is 11.1. The van der Waals surface area contributed by atoms with E-state index in [0.29, 0.717) is 12.6 Å². The minimum atomic E-state index is -0.194. The van der Waals surface area contributed by atoms with E-state index in [1.165, 1.54) is 30.5 Å². The lowest BCUT2D eigenvalue weighted by Crippen LogP contribution is -2.42. The zero-order valence-electron chi connectivity index (χ0n) is 20.2. The predicted octanol–water partition coefficient (Wildman–Crippen LogP) is 4.27. The maximum Gasteiger partial charge on any atom is 0.319 e. The largest absolute Gasteiger partial charge is 0.492 e. The molecule has 33 heavy (non-hydrogen) atoms. The number of fused-ring (bicyclic) bond motifs is 1. The molecule has 0 bridgehead atoms. The van der Waals surface area contributed by atoms with Crippen LogP contribution in [-0.4, -0.2) is 50.3 Å². The highest BCUT2D eigenvalue weighted by Crippen LogP contribution is 2.51. The molecule has 2 unspecified atom stereocenters. The molecule has 1 heterocycles. The molecular formula is C26H37N5O2. The first kappa shape index (κ1) is 23.4. The Balaban J connectivity index is 1.55. The zero-order valence-corrected chi connectivity index (χ0v) is 20.2. The number of carbonyl (C=O) groups excluding carboxylic acids is 1. The van der Waals surface area contributed by atoms with E-state index in [9.17, 15) is 4.79 Å². The Morgan fingerprint density at radius 2 is 1.91 bits per heavy atom. The van der Waals surface area contributed by atoms with Crippen LogP contribution < -0.4 is 26.0 Å². The van der Waals surface area contributed by atoms with Crippen LogP contribution in [0.3, 0.4) is 0 Å². The molecule has 4 rings (SSSR count). The number of carbonyl (C=O) groups is 1. The summed E-state index contributed by atoms with van der Waals surface area (Å²) in [5, 5.41) is 5.75. The molecule has 0 radical (unpaired) electrons. The van der Waals surface area contributed by atoms with E-state index in [1.54, 1.807) is 0 Å². The molecule has 0 aromatic heterocycles. The predicted molar refractivity (Wildman–Crippen MR) is 134 cm³/mol. The lowest BCUT2D eigenvalue weighted by atomic mass is 9.89. The van der Waals surface area contributed by atoms with Gasteiger partial charge in [0.1, 0.15) is 12.4 Å². The van der Waals surface area contributed by atoms with Crippen LogP contribution in [0, 0.1) is 0 Å². The second kappa shape index (κ2) is 10.0. The van der Waals surface area contributed by atoms with Crippen LogP contribution in [0.15, 0.2) is 42.5 Å². The topological polar surface area (TPSA) is 82.9 Å². The quantitative estimate of drug-likeness (QED) is 0.558. The molecule has 2 aromatic rings. The Morgan fingerprint density at radius 3 is 2.52 bits per heavy atom. The Hall–Kier alpha value is -2.77. The second-order valence-electron chi connectivity index (χ2n) is 9.71. The molecule has 7 heteroatoms. The second-order valence-corrected chi connectivity index (χ2v) is 9.71. The summed E-state index contributed by atoms with van der Waals surface area (Å²) in [6.45, 7) is 5.41. The number of nitrogens with two attached hydrogens (primary N) is 1. The first-order valence-electron chi connectivity index (χ1n) is 12.0. The summed E-state index contributed by atoms with van der Waals surface area (Å²) < 4.78 is 6.02. The maximum atomic E-state index is 12.0. The fourth-order valence-corrected chi connectivity index (χ4v) is 4.61. The fourth-order valence-electron chi connectivity index (χ4n) is 4.61. The van der Waals surface area contributed by atoms with Crippen LogP contribution in [0.25, 0.3) is 0 Å². The molecule has 1 aliphatic heterocycles. The van der Waals surface area contributed by atoms with Crippen LogP contribution in [0.1, 0.15) is 56.3 Å². The Labute approximate surface area is 197 Å². The summed E-state index contributed by atoms with van der Waals surface area (Å²) in [6.07, 6.45) is 3.62. The molecule has 2 atom stereocenters. The SMILES string of the molecule is CC(C)NC(=O)Nc1ccc(C2C(N)c3ccc(OCCN(C)C)cc3N2C2CCC2)cc1. The van der Waals surface area contributed by atoms with Crippen molar-refractivity contribution in [3.05, 3.63) is 53.6 Å². The number of urea groups is 1. The van der Waals surface area contributed by atoms with Gasteiger partial charge in [-0.3, -0.25) is 0 Å². The summed E-state index contributed by atoms with van der Waals surface area (Å²) in [6, 6.07) is 14.8. The normalized spacial score (nSPS) is 20.0. The van der Waals surface area contributed by atoms with E-state index in [2.05, 4.69) is 44.7 Å². The highest BCUT2D eigenvalue weighted by Gasteiger charge is 2.42. The number of anilines is 2. The number of likely N-dealkylation sites (N-methyl/N-ethyl adjacent to an activating group) is 1. The van der Waals surface area contributed by atoms with Gasteiger partial charge in [0.15, 0.2) is 0 Å². The number of hydrogen-bond acceptors (Lipinski definition) is 5. The van der Waals surface area contributed by atoms with E-state index in [0.717, 1.165) is 23.5 Å². The minimum absolute atomic E-state index is 0.0702. The summed E-state index contributed by atoms with van der Waals surface area (Å²) in [7, 11) is 4.09. The zero-order chi connectivity index (χ0) is 23.5. The standard InChI is InChI=1S/C26H37N5O2/c1-17(2)28-26(32)29-19-10-8-18(9-11-19)25-24(27)22-13-12-21(33-15-14-30(3)4)16-23(22)31(25)20-6-5-7-20/h8-13,16-17,20,24-25H,5-7,14-15,27H2,1-4H3,(H2,28,29,32). The van der Waals surface area contributed by atoms with Crippen molar-refractivity contribution in [3.8, 4) is 5.75 Å². The van der Waals surface area contributed by atoms with Gasteiger partial charge in [-0.05, 0) is 76.5 Å². The number of ether oxygens (including phenoxy) is 1. The molecule has 178 valence electrons. The van der Waals surface area contributed by atoms with Crippen LogP contribution in [0.4, 0.5) is 16.2 Å². The Bertz CT molecular complexity index is 956. The smallest absolute Gasteiger partial charge is 0.319 e. The number of nitrogens with one attached hydrogen (secondary N) is 2. The molecule has 0 saturated heterocycles. The van der Waals surface area contributed by atoms with Crippen molar-refractivity contribution in [1.82, 2.24) is 10.2 Å². The molecule has 2 aliphatic rings. The first-order valence-corrected chi connectivity index (χ1v) is 12.0. The van der Waals surface area contributed by atoms with Gasteiger partial charge in [-0.15, -0.1) is 0 Å². The van der Waals surface area contributed by atoms with E-state index < -0.39 is 0 Å². The lowest BCUT2D eigenvalue weighted by Gasteiger charge is -2.41. The molecule has 1 aliphatic carbocycles. The van der Waals surface area contributed by atoms with Crippen molar-refractivity contribution in [2.75, 3.05) is 37.5 Å². The number of amides is 2. The average molecular weight is 452 g/mol. The number of rotatable bonds is 8. The molecular weight excluding hydrogens is 414 g/mol. The van der Waals surface area contributed by atoms with Crippen molar-refractivity contribution in [2.45, 2.75) is 57.3 Å². The van der Waals surface area contributed by atoms with Gasteiger partial charge in [-0.2, -0.15) is 0 Å². The average Bonchev–Trinajstić information content (AvgIpc) is 2.98. The molecule has 2 aromatic carbocycles. The van der Waals surface area contributed by atoms with E-state index in [1.807, 2.05) is 46.1 Å². The Morgan fingerprint density at radius 1 is 1.18 bits per heavy atom. The van der Waals surface area contributed by atoms with Crippen LogP contribution in [0.5, 0.6) is 5.75 Å². The number of nitrogens with zero attached hydrogens (tertiary/aromatic N) is 2. The highest BCUT2D eigenvalue weighted by molar-refractivity contribution is 5.89. The molecule has 2 amide bonds. The van der Waals surface area contributed by atoms with Crippen LogP contribution >= 0.6 is 0 Å². The van der Waals surface area contributed by atoms with Crippen molar-refractivity contribution >= 4 is 17.4 Å². The van der Waals surface area contributed by atoms with Gasteiger partial charge in [-0.1, -0.05) is 18.2 Å². The third-order valence-corrected chi connectivity index (χ3v) is 6.48.